The van der Waals surface area contributed by atoms with E-state index in [9.17, 15) is 0 Å². The van der Waals surface area contributed by atoms with Crippen molar-refractivity contribution >= 4 is 39.0 Å². The number of benzene rings is 2. The maximum Gasteiger partial charge on any atom is 2.00 e. The number of para-hydroxylation sites is 1. The van der Waals surface area contributed by atoms with Crippen molar-refractivity contribution in [2.75, 3.05) is 0 Å². The van der Waals surface area contributed by atoms with Gasteiger partial charge >= 0.3 is 23.1 Å². The Labute approximate surface area is 123 Å². The third-order valence-electron chi connectivity index (χ3n) is 2.07. The van der Waals surface area contributed by atoms with Crippen molar-refractivity contribution in [1.82, 2.24) is 0 Å². The minimum atomic E-state index is 0. The van der Waals surface area contributed by atoms with Gasteiger partial charge in [-0.3, -0.25) is 0 Å². The van der Waals surface area contributed by atoms with Gasteiger partial charge in [-0.15, -0.1) is 0 Å². The first-order valence-electron chi connectivity index (χ1n) is 4.77. The summed E-state index contributed by atoms with van der Waals surface area (Å²) in [5, 5.41) is 0. The molecule has 0 aliphatic carbocycles. The average molecular weight is 289 g/mol. The number of rotatable bonds is 3. The Hall–Kier alpha value is -0.514. The molecule has 2 rings (SSSR count). The van der Waals surface area contributed by atoms with E-state index in [1.165, 1.54) is 5.56 Å². The maximum atomic E-state index is 5.68. The zero-order valence-electron chi connectivity index (χ0n) is 10.9. The summed E-state index contributed by atoms with van der Waals surface area (Å²) in [6.07, 6.45) is 0. The minimum Gasteiger partial charge on any atom is -1.00 e. The standard InChI is InChI=1S/C13H11BrO.Mg.2H/c14-12-8-4-5-9-13(12)15-10-11-6-2-1-3-7-11;;;/h1-9H,10H2;;;/q;+2;2*-1. The molecule has 0 heterocycles. The molecule has 0 radical (unpaired) electrons. The Balaban J connectivity index is 0. The summed E-state index contributed by atoms with van der Waals surface area (Å²) in [5.41, 5.74) is 1.17. The summed E-state index contributed by atoms with van der Waals surface area (Å²) in [4.78, 5) is 0. The van der Waals surface area contributed by atoms with E-state index in [0.717, 1.165) is 10.2 Å². The van der Waals surface area contributed by atoms with Crippen molar-refractivity contribution in [1.29, 1.82) is 0 Å². The molecular weight excluding hydrogens is 276 g/mol. The van der Waals surface area contributed by atoms with Gasteiger partial charge in [-0.25, -0.2) is 0 Å². The van der Waals surface area contributed by atoms with E-state index in [4.69, 9.17) is 4.74 Å². The van der Waals surface area contributed by atoms with Crippen LogP contribution in [0.2, 0.25) is 0 Å². The van der Waals surface area contributed by atoms with Crippen molar-refractivity contribution in [3.8, 4) is 5.75 Å². The van der Waals surface area contributed by atoms with E-state index < -0.39 is 0 Å². The fourth-order valence-electron chi connectivity index (χ4n) is 1.30. The molecule has 0 amide bonds. The van der Waals surface area contributed by atoms with Crippen LogP contribution in [0.25, 0.3) is 0 Å². The molecule has 0 atom stereocenters. The molecule has 0 aliphatic heterocycles. The predicted octanol–water partition coefficient (Wildman–Crippen LogP) is 3.87. The van der Waals surface area contributed by atoms with Crippen molar-refractivity contribution in [2.24, 2.45) is 0 Å². The van der Waals surface area contributed by atoms with E-state index in [1.54, 1.807) is 0 Å². The summed E-state index contributed by atoms with van der Waals surface area (Å²) in [5.74, 6) is 0.876. The maximum absolute atomic E-state index is 5.68. The van der Waals surface area contributed by atoms with Gasteiger partial charge in [-0.2, -0.15) is 0 Å². The molecule has 0 saturated carbocycles. The Morgan fingerprint density at radius 3 is 2.25 bits per heavy atom. The van der Waals surface area contributed by atoms with Gasteiger partial charge < -0.3 is 7.59 Å². The molecule has 2 aromatic carbocycles. The molecule has 0 unspecified atom stereocenters. The Kier molecular flexibility index (Phi) is 5.88. The fraction of sp³-hybridized carbons (Fsp3) is 0.0769. The van der Waals surface area contributed by atoms with E-state index in [1.807, 2.05) is 42.5 Å². The van der Waals surface area contributed by atoms with Crippen LogP contribution < -0.4 is 4.74 Å². The molecule has 3 heteroatoms. The third kappa shape index (κ3) is 3.81. The van der Waals surface area contributed by atoms with Gasteiger partial charge in [0, 0.05) is 0 Å². The summed E-state index contributed by atoms with van der Waals surface area (Å²) in [6.45, 7) is 0.601. The summed E-state index contributed by atoms with van der Waals surface area (Å²) in [6, 6.07) is 18.0. The molecule has 0 spiro atoms. The van der Waals surface area contributed by atoms with Crippen LogP contribution in [0.4, 0.5) is 0 Å². The van der Waals surface area contributed by atoms with Crippen LogP contribution in [0.15, 0.2) is 59.1 Å². The monoisotopic (exact) mass is 288 g/mol. The van der Waals surface area contributed by atoms with Crippen LogP contribution in [0.1, 0.15) is 8.42 Å². The molecular formula is C13H13BrMgO. The van der Waals surface area contributed by atoms with Gasteiger partial charge in [0.25, 0.3) is 0 Å². The van der Waals surface area contributed by atoms with E-state index in [0.29, 0.717) is 6.61 Å². The van der Waals surface area contributed by atoms with E-state index in [-0.39, 0.29) is 25.9 Å². The predicted molar refractivity (Wildman–Crippen MR) is 72.9 cm³/mol. The first kappa shape index (κ1) is 13.6. The second kappa shape index (κ2) is 6.94. The Morgan fingerprint density at radius 1 is 0.938 bits per heavy atom. The van der Waals surface area contributed by atoms with Crippen LogP contribution in [0, 0.1) is 0 Å². The molecule has 0 bridgehead atoms. The first-order valence-corrected chi connectivity index (χ1v) is 5.57. The van der Waals surface area contributed by atoms with Crippen LogP contribution in [-0.4, -0.2) is 23.1 Å². The van der Waals surface area contributed by atoms with Crippen LogP contribution >= 0.6 is 15.9 Å². The van der Waals surface area contributed by atoms with Crippen molar-refractivity contribution in [3.63, 3.8) is 0 Å². The Morgan fingerprint density at radius 2 is 1.56 bits per heavy atom. The first-order chi connectivity index (χ1) is 7.36. The molecule has 16 heavy (non-hydrogen) atoms. The van der Waals surface area contributed by atoms with Gasteiger partial charge in [0.05, 0.1) is 4.47 Å². The quantitative estimate of drug-likeness (QED) is 0.779. The topological polar surface area (TPSA) is 9.23 Å². The van der Waals surface area contributed by atoms with Crippen LogP contribution in [-0.2, 0) is 6.61 Å². The molecule has 2 aromatic rings. The van der Waals surface area contributed by atoms with Gasteiger partial charge in [0.2, 0.25) is 0 Å². The van der Waals surface area contributed by atoms with Gasteiger partial charge in [0.15, 0.2) is 0 Å². The number of hydrogen-bond donors (Lipinski definition) is 0. The molecule has 0 fully saturated rings. The van der Waals surface area contributed by atoms with E-state index >= 15 is 0 Å². The van der Waals surface area contributed by atoms with Gasteiger partial charge in [-0.05, 0) is 33.6 Å². The van der Waals surface area contributed by atoms with Crippen molar-refractivity contribution < 1.29 is 7.59 Å². The van der Waals surface area contributed by atoms with Gasteiger partial charge in [-0.1, -0.05) is 42.5 Å². The summed E-state index contributed by atoms with van der Waals surface area (Å²) < 4.78 is 6.66. The largest absolute Gasteiger partial charge is 2.00 e. The molecule has 0 aliphatic rings. The second-order valence-electron chi connectivity index (χ2n) is 3.20. The molecule has 0 N–H and O–H groups in total. The zero-order valence-corrected chi connectivity index (χ0v) is 11.9. The van der Waals surface area contributed by atoms with Crippen molar-refractivity contribution in [3.05, 3.63) is 64.6 Å². The van der Waals surface area contributed by atoms with Crippen molar-refractivity contribution in [2.45, 2.75) is 6.61 Å². The summed E-state index contributed by atoms with van der Waals surface area (Å²) >= 11 is 3.44. The molecule has 0 saturated heterocycles. The SMILES string of the molecule is Brc1ccccc1OCc1ccccc1.[H-].[H-].[Mg+2]. The average Bonchev–Trinajstić information content (AvgIpc) is 2.29. The number of hydrogen-bond acceptors (Lipinski definition) is 1. The molecule has 1 nitrogen and oxygen atoms in total. The fourth-order valence-corrected chi connectivity index (χ4v) is 1.70. The van der Waals surface area contributed by atoms with Gasteiger partial charge in [0.1, 0.15) is 12.4 Å². The van der Waals surface area contributed by atoms with Crippen LogP contribution in [0.5, 0.6) is 5.75 Å². The Bertz CT molecular complexity index is 440. The normalized spacial score (nSPS) is 9.31. The van der Waals surface area contributed by atoms with E-state index in [2.05, 4.69) is 28.1 Å². The molecule has 0 aromatic heterocycles. The summed E-state index contributed by atoms with van der Waals surface area (Å²) in [7, 11) is 0. The number of halogens is 1. The smallest absolute Gasteiger partial charge is 1.00 e. The number of ether oxygens (including phenoxy) is 1. The molecule has 80 valence electrons. The zero-order chi connectivity index (χ0) is 10.5. The van der Waals surface area contributed by atoms with Crippen LogP contribution in [0.3, 0.4) is 0 Å². The second-order valence-corrected chi connectivity index (χ2v) is 4.06. The third-order valence-corrected chi connectivity index (χ3v) is 2.73. The minimum absolute atomic E-state index is 0.